The van der Waals surface area contributed by atoms with Crippen molar-refractivity contribution >= 4 is 0 Å². The lowest BCUT2D eigenvalue weighted by Crippen LogP contribution is -2.55. The van der Waals surface area contributed by atoms with E-state index in [9.17, 15) is 0 Å². The standard InChI is InChI=1S/C12H24N2/c1-3-11(4-2)14-8-7-13-9-12(14)10-5-6-10/h10-13H,3-9H2,1-2H3. The first-order chi connectivity index (χ1) is 6.86. The first-order valence-corrected chi connectivity index (χ1v) is 6.33. The summed E-state index contributed by atoms with van der Waals surface area (Å²) in [4.78, 5) is 2.79. The van der Waals surface area contributed by atoms with Crippen molar-refractivity contribution in [1.29, 1.82) is 0 Å². The van der Waals surface area contributed by atoms with Crippen LogP contribution in [0.1, 0.15) is 39.5 Å². The fourth-order valence-electron chi connectivity index (χ4n) is 2.87. The molecule has 2 aliphatic rings. The highest BCUT2D eigenvalue weighted by atomic mass is 15.2. The third kappa shape index (κ3) is 2.12. The summed E-state index contributed by atoms with van der Waals surface area (Å²) in [5.41, 5.74) is 0. The van der Waals surface area contributed by atoms with Crippen LogP contribution in [0.5, 0.6) is 0 Å². The summed E-state index contributed by atoms with van der Waals surface area (Å²) in [5, 5.41) is 3.55. The van der Waals surface area contributed by atoms with Crippen molar-refractivity contribution in [3.8, 4) is 0 Å². The third-order valence-corrected chi connectivity index (χ3v) is 3.90. The van der Waals surface area contributed by atoms with Crippen LogP contribution < -0.4 is 5.32 Å². The molecule has 82 valence electrons. The molecule has 1 unspecified atom stereocenters. The van der Waals surface area contributed by atoms with Crippen molar-refractivity contribution in [1.82, 2.24) is 10.2 Å². The molecule has 2 heteroatoms. The number of nitrogens with zero attached hydrogens (tertiary/aromatic N) is 1. The van der Waals surface area contributed by atoms with Gasteiger partial charge in [-0.2, -0.15) is 0 Å². The van der Waals surface area contributed by atoms with Gasteiger partial charge in [0, 0.05) is 31.7 Å². The van der Waals surface area contributed by atoms with Crippen molar-refractivity contribution in [3.63, 3.8) is 0 Å². The van der Waals surface area contributed by atoms with Gasteiger partial charge in [-0.1, -0.05) is 13.8 Å². The third-order valence-electron chi connectivity index (χ3n) is 3.90. The van der Waals surface area contributed by atoms with Crippen LogP contribution in [0.4, 0.5) is 0 Å². The number of piperazine rings is 1. The van der Waals surface area contributed by atoms with Crippen LogP contribution in [-0.4, -0.2) is 36.6 Å². The maximum atomic E-state index is 3.55. The highest BCUT2D eigenvalue weighted by Gasteiger charge is 2.38. The molecular weight excluding hydrogens is 172 g/mol. The topological polar surface area (TPSA) is 15.3 Å². The van der Waals surface area contributed by atoms with E-state index in [4.69, 9.17) is 0 Å². The smallest absolute Gasteiger partial charge is 0.0252 e. The van der Waals surface area contributed by atoms with Gasteiger partial charge >= 0.3 is 0 Å². The Balaban J connectivity index is 1.97. The molecule has 2 fully saturated rings. The monoisotopic (exact) mass is 196 g/mol. The second-order valence-corrected chi connectivity index (χ2v) is 4.82. The molecule has 1 saturated carbocycles. The van der Waals surface area contributed by atoms with Gasteiger partial charge in [0.2, 0.25) is 0 Å². The van der Waals surface area contributed by atoms with Gasteiger partial charge in [0.15, 0.2) is 0 Å². The van der Waals surface area contributed by atoms with Crippen LogP contribution >= 0.6 is 0 Å². The van der Waals surface area contributed by atoms with Crippen molar-refractivity contribution < 1.29 is 0 Å². The fourth-order valence-corrected chi connectivity index (χ4v) is 2.87. The van der Waals surface area contributed by atoms with E-state index in [-0.39, 0.29) is 0 Å². The maximum absolute atomic E-state index is 3.55. The van der Waals surface area contributed by atoms with E-state index >= 15 is 0 Å². The molecule has 0 radical (unpaired) electrons. The average Bonchev–Trinajstić information content (AvgIpc) is 3.04. The molecular formula is C12H24N2. The Bertz CT molecular complexity index is 173. The molecule has 0 spiro atoms. The predicted molar refractivity (Wildman–Crippen MR) is 60.5 cm³/mol. The van der Waals surface area contributed by atoms with Gasteiger partial charge in [-0.25, -0.2) is 0 Å². The Morgan fingerprint density at radius 2 is 2.00 bits per heavy atom. The van der Waals surface area contributed by atoms with Gasteiger partial charge in [0.05, 0.1) is 0 Å². The molecule has 0 aromatic heterocycles. The van der Waals surface area contributed by atoms with Gasteiger partial charge in [0.1, 0.15) is 0 Å². The van der Waals surface area contributed by atoms with Crippen LogP contribution in [0.3, 0.4) is 0 Å². The Kier molecular flexibility index (Phi) is 3.45. The van der Waals surface area contributed by atoms with E-state index in [0.717, 1.165) is 18.0 Å². The molecule has 1 heterocycles. The Morgan fingerprint density at radius 3 is 2.57 bits per heavy atom. The van der Waals surface area contributed by atoms with Crippen molar-refractivity contribution in [2.24, 2.45) is 5.92 Å². The van der Waals surface area contributed by atoms with Crippen LogP contribution in [-0.2, 0) is 0 Å². The second kappa shape index (κ2) is 4.63. The zero-order valence-electron chi connectivity index (χ0n) is 9.63. The Labute approximate surface area is 88.1 Å². The van der Waals surface area contributed by atoms with E-state index in [1.54, 1.807) is 0 Å². The summed E-state index contributed by atoms with van der Waals surface area (Å²) in [6.07, 6.45) is 5.59. The van der Waals surface area contributed by atoms with Crippen molar-refractivity contribution in [3.05, 3.63) is 0 Å². The average molecular weight is 196 g/mol. The quantitative estimate of drug-likeness (QED) is 0.738. The summed E-state index contributed by atoms with van der Waals surface area (Å²) in [5.74, 6) is 1.02. The van der Waals surface area contributed by atoms with Crippen molar-refractivity contribution in [2.45, 2.75) is 51.6 Å². The highest BCUT2D eigenvalue weighted by molar-refractivity contribution is 4.94. The van der Waals surface area contributed by atoms with Crippen LogP contribution in [0.15, 0.2) is 0 Å². The molecule has 1 atom stereocenters. The summed E-state index contributed by atoms with van der Waals surface area (Å²) in [6.45, 7) is 8.37. The lowest BCUT2D eigenvalue weighted by Gasteiger charge is -2.41. The second-order valence-electron chi connectivity index (χ2n) is 4.82. The molecule has 1 N–H and O–H groups in total. The molecule has 1 aliphatic carbocycles. The zero-order valence-corrected chi connectivity index (χ0v) is 9.63. The lowest BCUT2D eigenvalue weighted by molar-refractivity contribution is 0.0867. The molecule has 1 saturated heterocycles. The minimum atomic E-state index is 0.836. The predicted octanol–water partition coefficient (Wildman–Crippen LogP) is 1.86. The first kappa shape index (κ1) is 10.4. The van der Waals surface area contributed by atoms with Gasteiger partial charge in [-0.3, -0.25) is 4.90 Å². The number of nitrogens with one attached hydrogen (secondary N) is 1. The van der Waals surface area contributed by atoms with Gasteiger partial charge in [-0.15, -0.1) is 0 Å². The van der Waals surface area contributed by atoms with Crippen LogP contribution in [0.2, 0.25) is 0 Å². The highest BCUT2D eigenvalue weighted by Crippen LogP contribution is 2.37. The van der Waals surface area contributed by atoms with E-state index in [1.807, 2.05) is 0 Å². The summed E-state index contributed by atoms with van der Waals surface area (Å²) in [7, 11) is 0. The van der Waals surface area contributed by atoms with E-state index < -0.39 is 0 Å². The normalized spacial score (nSPS) is 29.8. The fraction of sp³-hybridized carbons (Fsp3) is 1.00. The minimum absolute atomic E-state index is 0.836. The van der Waals surface area contributed by atoms with Gasteiger partial charge in [0.25, 0.3) is 0 Å². The lowest BCUT2D eigenvalue weighted by atomic mass is 10.0. The number of hydrogen-bond acceptors (Lipinski definition) is 2. The van der Waals surface area contributed by atoms with Crippen molar-refractivity contribution in [2.75, 3.05) is 19.6 Å². The molecule has 0 aromatic carbocycles. The Hall–Kier alpha value is -0.0800. The molecule has 2 nitrogen and oxygen atoms in total. The zero-order chi connectivity index (χ0) is 9.97. The molecule has 1 aliphatic heterocycles. The van der Waals surface area contributed by atoms with E-state index in [0.29, 0.717) is 0 Å². The first-order valence-electron chi connectivity index (χ1n) is 6.33. The molecule has 0 bridgehead atoms. The number of rotatable bonds is 4. The minimum Gasteiger partial charge on any atom is -0.314 e. The van der Waals surface area contributed by atoms with E-state index in [1.165, 1.54) is 45.3 Å². The summed E-state index contributed by atoms with van der Waals surface area (Å²) < 4.78 is 0. The SMILES string of the molecule is CCC(CC)N1CCNCC1C1CC1. The summed E-state index contributed by atoms with van der Waals surface area (Å²) >= 11 is 0. The van der Waals surface area contributed by atoms with Gasteiger partial charge < -0.3 is 5.32 Å². The van der Waals surface area contributed by atoms with Gasteiger partial charge in [-0.05, 0) is 31.6 Å². The molecule has 14 heavy (non-hydrogen) atoms. The Morgan fingerprint density at radius 1 is 1.29 bits per heavy atom. The van der Waals surface area contributed by atoms with E-state index in [2.05, 4.69) is 24.1 Å². The summed E-state index contributed by atoms with van der Waals surface area (Å²) in [6, 6.07) is 1.69. The van der Waals surface area contributed by atoms with Crippen LogP contribution in [0.25, 0.3) is 0 Å². The maximum Gasteiger partial charge on any atom is 0.0252 e. The molecule has 2 rings (SSSR count). The largest absolute Gasteiger partial charge is 0.314 e. The van der Waals surface area contributed by atoms with Crippen LogP contribution in [0, 0.1) is 5.92 Å². The molecule has 0 aromatic rings. The number of hydrogen-bond donors (Lipinski definition) is 1. The molecule has 0 amide bonds.